The van der Waals surface area contributed by atoms with Gasteiger partial charge in [0.05, 0.1) is 12.7 Å². The average Bonchev–Trinajstić information content (AvgIpc) is 3.32. The highest BCUT2D eigenvalue weighted by atomic mass is 16.5. The lowest BCUT2D eigenvalue weighted by Gasteiger charge is -2.35. The molecule has 1 aromatic rings. The SMILES string of the molecule is O=C(N[C@H]1C[C@H]2CO[C@@H](C3CC3)CN2C1)c1cccc(N2CCNC2=O)c1. The van der Waals surface area contributed by atoms with Crippen LogP contribution in [-0.2, 0) is 4.74 Å². The highest BCUT2D eigenvalue weighted by Gasteiger charge is 2.42. The van der Waals surface area contributed by atoms with Crippen LogP contribution >= 0.6 is 0 Å². The van der Waals surface area contributed by atoms with Crippen molar-refractivity contribution in [3.63, 3.8) is 0 Å². The molecular formula is C20H26N4O3. The number of anilines is 1. The van der Waals surface area contributed by atoms with E-state index in [1.165, 1.54) is 12.8 Å². The first-order valence-electron chi connectivity index (χ1n) is 9.99. The monoisotopic (exact) mass is 370 g/mol. The van der Waals surface area contributed by atoms with Gasteiger partial charge in [0.25, 0.3) is 5.91 Å². The number of fused-ring (bicyclic) bond motifs is 1. The number of hydrogen-bond donors (Lipinski definition) is 2. The van der Waals surface area contributed by atoms with E-state index >= 15 is 0 Å². The molecule has 2 N–H and O–H groups in total. The summed E-state index contributed by atoms with van der Waals surface area (Å²) < 4.78 is 6.04. The highest BCUT2D eigenvalue weighted by molar-refractivity contribution is 5.98. The van der Waals surface area contributed by atoms with Crippen LogP contribution in [0.4, 0.5) is 10.5 Å². The third-order valence-corrected chi connectivity index (χ3v) is 6.20. The van der Waals surface area contributed by atoms with Crippen molar-refractivity contribution in [2.75, 3.05) is 37.7 Å². The Morgan fingerprint density at radius 1 is 1.26 bits per heavy atom. The van der Waals surface area contributed by atoms with Crippen LogP contribution in [0.1, 0.15) is 29.6 Å². The van der Waals surface area contributed by atoms with Gasteiger partial charge in [0.15, 0.2) is 0 Å². The molecular weight excluding hydrogens is 344 g/mol. The van der Waals surface area contributed by atoms with Crippen molar-refractivity contribution in [2.45, 2.75) is 37.5 Å². The zero-order valence-corrected chi connectivity index (χ0v) is 15.4. The molecule has 0 aromatic heterocycles. The molecule has 1 aliphatic carbocycles. The van der Waals surface area contributed by atoms with E-state index in [1.54, 1.807) is 17.0 Å². The van der Waals surface area contributed by atoms with Gasteiger partial charge in [-0.25, -0.2) is 4.79 Å². The van der Waals surface area contributed by atoms with E-state index in [0.29, 0.717) is 30.8 Å². The van der Waals surface area contributed by atoms with E-state index in [1.807, 2.05) is 12.1 Å². The Bertz CT molecular complexity index is 750. The normalized spacial score (nSPS) is 30.9. The molecule has 5 rings (SSSR count). The number of ether oxygens (including phenoxy) is 1. The molecule has 0 spiro atoms. The molecule has 3 amide bonds. The van der Waals surface area contributed by atoms with E-state index in [0.717, 1.165) is 37.7 Å². The molecule has 7 heteroatoms. The van der Waals surface area contributed by atoms with Crippen LogP contribution in [0.2, 0.25) is 0 Å². The fourth-order valence-corrected chi connectivity index (χ4v) is 4.56. The molecule has 1 aromatic carbocycles. The first-order chi connectivity index (χ1) is 13.2. The van der Waals surface area contributed by atoms with Gasteiger partial charge in [-0.05, 0) is 43.4 Å². The van der Waals surface area contributed by atoms with Crippen LogP contribution in [0.5, 0.6) is 0 Å². The minimum absolute atomic E-state index is 0.0686. The van der Waals surface area contributed by atoms with Crippen molar-refractivity contribution in [2.24, 2.45) is 5.92 Å². The smallest absolute Gasteiger partial charge is 0.321 e. The molecule has 3 saturated heterocycles. The molecule has 3 atom stereocenters. The number of morpholine rings is 1. The number of hydrogen-bond acceptors (Lipinski definition) is 4. The molecule has 0 unspecified atom stereocenters. The maximum Gasteiger partial charge on any atom is 0.321 e. The molecule has 4 fully saturated rings. The summed E-state index contributed by atoms with van der Waals surface area (Å²) in [6.07, 6.45) is 3.93. The Morgan fingerprint density at radius 3 is 2.93 bits per heavy atom. The van der Waals surface area contributed by atoms with Crippen LogP contribution in [-0.4, -0.2) is 67.8 Å². The zero-order valence-electron chi connectivity index (χ0n) is 15.4. The summed E-state index contributed by atoms with van der Waals surface area (Å²) in [5, 5.41) is 5.97. The van der Waals surface area contributed by atoms with E-state index < -0.39 is 0 Å². The summed E-state index contributed by atoms with van der Waals surface area (Å²) in [4.78, 5) is 28.8. The average molecular weight is 370 g/mol. The van der Waals surface area contributed by atoms with Gasteiger partial charge >= 0.3 is 6.03 Å². The Balaban J connectivity index is 1.21. The summed E-state index contributed by atoms with van der Waals surface area (Å²) in [5.41, 5.74) is 1.37. The summed E-state index contributed by atoms with van der Waals surface area (Å²) in [7, 11) is 0. The van der Waals surface area contributed by atoms with Gasteiger partial charge in [0.2, 0.25) is 0 Å². The van der Waals surface area contributed by atoms with Crippen molar-refractivity contribution in [1.82, 2.24) is 15.5 Å². The molecule has 3 aliphatic heterocycles. The van der Waals surface area contributed by atoms with Gasteiger partial charge < -0.3 is 15.4 Å². The fraction of sp³-hybridized carbons (Fsp3) is 0.600. The van der Waals surface area contributed by atoms with E-state index in [2.05, 4.69) is 15.5 Å². The van der Waals surface area contributed by atoms with Crippen molar-refractivity contribution >= 4 is 17.6 Å². The summed E-state index contributed by atoms with van der Waals surface area (Å²) in [5.74, 6) is 0.686. The minimum atomic E-state index is -0.106. The Morgan fingerprint density at radius 2 is 2.15 bits per heavy atom. The van der Waals surface area contributed by atoms with Crippen molar-refractivity contribution in [3.8, 4) is 0 Å². The fourth-order valence-electron chi connectivity index (χ4n) is 4.56. The van der Waals surface area contributed by atoms with Gasteiger partial charge in [0.1, 0.15) is 0 Å². The van der Waals surface area contributed by atoms with E-state index in [-0.39, 0.29) is 18.0 Å². The molecule has 0 bridgehead atoms. The first kappa shape index (κ1) is 17.0. The summed E-state index contributed by atoms with van der Waals surface area (Å²) in [6.45, 7) is 3.95. The van der Waals surface area contributed by atoms with Crippen molar-refractivity contribution < 1.29 is 14.3 Å². The second-order valence-corrected chi connectivity index (χ2v) is 8.16. The second kappa shape index (κ2) is 6.80. The number of urea groups is 1. The number of nitrogens with one attached hydrogen (secondary N) is 2. The number of rotatable bonds is 4. The minimum Gasteiger partial charge on any atom is -0.375 e. The van der Waals surface area contributed by atoms with Gasteiger partial charge in [0, 0.05) is 49.5 Å². The Kier molecular flexibility index (Phi) is 4.28. The van der Waals surface area contributed by atoms with Gasteiger partial charge in [-0.15, -0.1) is 0 Å². The van der Waals surface area contributed by atoms with Crippen LogP contribution < -0.4 is 15.5 Å². The quantitative estimate of drug-likeness (QED) is 0.835. The predicted molar refractivity (Wildman–Crippen MR) is 101 cm³/mol. The van der Waals surface area contributed by atoms with Gasteiger partial charge in [-0.1, -0.05) is 6.07 Å². The number of amides is 3. The standard InChI is InChI=1S/C20H26N4O3/c25-19(14-2-1-3-16(8-14)24-7-6-21-20(24)26)22-15-9-17-12-27-18(13-4-5-13)11-23(17)10-15/h1-3,8,13,15,17-18H,4-7,9-12H2,(H,21,26)(H,22,25)/t15-,17-,18+/m0/s1. The molecule has 0 radical (unpaired) electrons. The Hall–Kier alpha value is -2.12. The predicted octanol–water partition coefficient (Wildman–Crippen LogP) is 1.20. The Labute approximate surface area is 159 Å². The molecule has 144 valence electrons. The zero-order chi connectivity index (χ0) is 18.4. The lowest BCUT2D eigenvalue weighted by atomic mass is 10.1. The molecule has 4 aliphatic rings. The summed E-state index contributed by atoms with van der Waals surface area (Å²) >= 11 is 0. The largest absolute Gasteiger partial charge is 0.375 e. The van der Waals surface area contributed by atoms with Crippen molar-refractivity contribution in [1.29, 1.82) is 0 Å². The molecule has 27 heavy (non-hydrogen) atoms. The van der Waals surface area contributed by atoms with Crippen LogP contribution in [0.25, 0.3) is 0 Å². The number of carbonyl (C=O) groups excluding carboxylic acids is 2. The third kappa shape index (κ3) is 3.41. The first-order valence-corrected chi connectivity index (χ1v) is 9.99. The number of nitrogens with zero attached hydrogens (tertiary/aromatic N) is 2. The van der Waals surface area contributed by atoms with Crippen LogP contribution in [0.3, 0.4) is 0 Å². The maximum atomic E-state index is 12.8. The topological polar surface area (TPSA) is 73.9 Å². The van der Waals surface area contributed by atoms with Crippen LogP contribution in [0.15, 0.2) is 24.3 Å². The number of benzene rings is 1. The number of carbonyl (C=O) groups is 2. The molecule has 1 saturated carbocycles. The van der Waals surface area contributed by atoms with Crippen molar-refractivity contribution in [3.05, 3.63) is 29.8 Å². The summed E-state index contributed by atoms with van der Waals surface area (Å²) in [6, 6.07) is 7.78. The molecule has 7 nitrogen and oxygen atoms in total. The van der Waals surface area contributed by atoms with Gasteiger partial charge in [-0.3, -0.25) is 14.6 Å². The lowest BCUT2D eigenvalue weighted by molar-refractivity contribution is -0.0581. The molecule has 3 heterocycles. The maximum absolute atomic E-state index is 12.8. The van der Waals surface area contributed by atoms with E-state index in [9.17, 15) is 9.59 Å². The second-order valence-electron chi connectivity index (χ2n) is 8.16. The third-order valence-electron chi connectivity index (χ3n) is 6.20. The lowest BCUT2D eigenvalue weighted by Crippen LogP contribution is -2.47. The van der Waals surface area contributed by atoms with E-state index in [4.69, 9.17) is 4.74 Å². The van der Waals surface area contributed by atoms with Gasteiger partial charge in [-0.2, -0.15) is 0 Å². The highest BCUT2D eigenvalue weighted by Crippen LogP contribution is 2.37. The van der Waals surface area contributed by atoms with Crippen LogP contribution in [0, 0.1) is 5.92 Å².